The average Bonchev–Trinajstić information content (AvgIpc) is 0.662. The van der Waals surface area contributed by atoms with Crippen LogP contribution in [0.5, 0.6) is 69.0 Å². The number of allylic oxidation sites excluding steroid dienone is 12. The second kappa shape index (κ2) is 45.7. The van der Waals surface area contributed by atoms with E-state index in [4.69, 9.17) is 77.8 Å². The monoisotopic (exact) mass is 1930 g/mol. The first kappa shape index (κ1) is 63.4. The molecule has 0 bridgehead atoms. The zero-order valence-corrected chi connectivity index (χ0v) is 85.5. The summed E-state index contributed by atoms with van der Waals surface area (Å²) in [4.78, 5) is 0. The van der Waals surface area contributed by atoms with Crippen molar-refractivity contribution in [3.05, 3.63) is 209 Å². The van der Waals surface area contributed by atoms with Gasteiger partial charge in [-0.15, -0.1) is 0 Å². The Balaban J connectivity index is 0.000000176. The predicted molar refractivity (Wildman–Crippen MR) is 572 cm³/mol. The minimum absolute atomic E-state index is 0.00448. The molecule has 0 saturated heterocycles. The molecule has 6 heterocycles. The van der Waals surface area contributed by atoms with Gasteiger partial charge < -0.3 is 59.1 Å². The minimum Gasteiger partial charge on any atom is -0.507 e. The summed E-state index contributed by atoms with van der Waals surface area (Å²) < 4.78 is 393. The minimum atomic E-state index is -3.23. The van der Waals surface area contributed by atoms with Crippen molar-refractivity contribution in [2.75, 3.05) is 0 Å². The summed E-state index contributed by atoms with van der Waals surface area (Å²) in [6.45, 7) is 28.8. The fourth-order valence-electron chi connectivity index (χ4n) is 20.5. The molecule has 6 aliphatic carbocycles. The van der Waals surface area contributed by atoms with Crippen LogP contribution in [0.4, 0.5) is 0 Å². The van der Waals surface area contributed by atoms with Crippen LogP contribution in [0.15, 0.2) is 142 Å². The zero-order chi connectivity index (χ0) is 137. The molecule has 0 amide bonds. The van der Waals surface area contributed by atoms with E-state index in [1.165, 1.54) is 47.6 Å². The van der Waals surface area contributed by atoms with E-state index < -0.39 is 210 Å². The van der Waals surface area contributed by atoms with Crippen molar-refractivity contribution in [2.24, 2.45) is 35.4 Å². The molecule has 18 rings (SSSR count). The summed E-state index contributed by atoms with van der Waals surface area (Å²) in [6.07, 6.45) is 9.76. The van der Waals surface area contributed by atoms with Crippen molar-refractivity contribution >= 4 is 0 Å². The first-order chi connectivity index (χ1) is 82.2. The normalized spacial score (nSPS) is 35.4. The quantitative estimate of drug-likeness (QED) is 0.0250. The molecule has 0 spiro atoms. The Labute approximate surface area is 893 Å². The van der Waals surface area contributed by atoms with Gasteiger partial charge in [0.05, 0.1) is 20.6 Å². The predicted octanol–water partition coefficient (Wildman–Crippen LogP) is 34.4. The standard InChI is InChI=1S/6C21H30O2/c6*1-5-6-7-8-15-12-18(22)20-16-11-14(2)9-10-17(16)21(3,4)23-19(20)13-15/h6*11-13,16-17,22H,5-10H2,1-4H3/t6*16-,17-/m111111/s1/i2D3,9D2,10D2,11D,12D,13D,17D;10D2,11D,12D,13D,16D,17D;2D3,10D2,11D,12D,13D,17D;9D2,12D,13D,16D;2D3,9D2,12D,13D;12D,13D,16D. The highest BCUT2D eigenvalue weighted by molar-refractivity contribution is 5.60. The second-order valence-corrected chi connectivity index (χ2v) is 41.8. The van der Waals surface area contributed by atoms with Crippen molar-refractivity contribution in [1.29, 1.82) is 0 Å². The second-order valence-electron chi connectivity index (χ2n) is 41.8. The fraction of sp³-hybridized carbons (Fsp3) is 0.619. The Hall–Kier alpha value is -8.64. The van der Waals surface area contributed by atoms with Crippen molar-refractivity contribution < 1.29 is 117 Å². The van der Waals surface area contributed by atoms with Gasteiger partial charge in [0.1, 0.15) is 103 Å². The third-order valence-corrected chi connectivity index (χ3v) is 28.0. The number of hydrogen-bond donors (Lipinski definition) is 6. The highest BCUT2D eigenvalue weighted by Crippen LogP contribution is 2.61. The van der Waals surface area contributed by atoms with Gasteiger partial charge in [0, 0.05) is 141 Å². The van der Waals surface area contributed by atoms with Gasteiger partial charge in [-0.05, 0) is 384 Å². The van der Waals surface area contributed by atoms with E-state index in [-0.39, 0.29) is 188 Å². The van der Waals surface area contributed by atoms with Gasteiger partial charge in [-0.25, -0.2) is 0 Å². The van der Waals surface area contributed by atoms with Crippen LogP contribution in [0.1, 0.15) is 518 Å². The lowest BCUT2D eigenvalue weighted by Gasteiger charge is -2.46. The molecule has 12 atom stereocenters. The fourth-order valence-corrected chi connectivity index (χ4v) is 20.5. The first-order valence-electron chi connectivity index (χ1n) is 71.7. The maximum atomic E-state index is 11.0. The highest BCUT2D eigenvalue weighted by Gasteiger charge is 2.52. The lowest BCUT2D eigenvalue weighted by molar-refractivity contribution is 0.0104. The molecule has 0 radical (unpaired) electrons. The SMILES string of the molecule is [2H]C1=C(C([2H])([2H])[2H])C([2H])([2H])C([2H])([2H])[C@]2([2H])[C@@H]1c1c(O)c([2H])c(CCCCC)c([2H])c1OC2(C)C.[2H]C1=C(C([2H])([2H])[2H])CC([2H])([2H])[C@]2([2H])[C@@H]1c1c(O)c([2H])c(CCCCC)c([2H])c1OC2(C)C.[2H]C1=C(C)CC([2H])([2H])[C@@]2([2H])C(C)(C)Oc3c([2H])c(CCCCC)c([2H])c(O)c3[C@]12[2H].[2H]c1c(O)c2c(c([2H])c1CCCCC)OC(C)(C)[C@@H]1CC([2H])([2H])C(C([2H])([2H])[2H])=C[C@@H]21.[2H]c1c(O)c2c(c([2H])c1CCCCC)OC(C)(C)[C@@H]1CC([2H])([2H])C(C)=C[C@@]21[2H].[2H]c1c(O)c2c(c([2H])c1CCCCC)OC(C)(C)[C@@H]1CCC(C)=C[C@@]21[2H]. The van der Waals surface area contributed by atoms with Crippen LogP contribution in [-0.4, -0.2) is 64.2 Å². The highest BCUT2D eigenvalue weighted by atomic mass is 16.5. The molecule has 0 fully saturated rings. The largest absolute Gasteiger partial charge is 0.507 e. The van der Waals surface area contributed by atoms with Crippen LogP contribution in [0.2, 0.25) is 0 Å². The average molecular weight is 1930 g/mol. The molecule has 6 aromatic carbocycles. The van der Waals surface area contributed by atoms with Crippen LogP contribution in [0.3, 0.4) is 0 Å². The number of phenols is 6. The van der Waals surface area contributed by atoms with Crippen molar-refractivity contribution in [2.45, 2.75) is 466 Å². The van der Waals surface area contributed by atoms with Crippen LogP contribution in [0.25, 0.3) is 0 Å². The number of ether oxygens (including phenoxy) is 6. The van der Waals surface area contributed by atoms with Gasteiger partial charge in [0.2, 0.25) is 0 Å². The van der Waals surface area contributed by atoms with Crippen LogP contribution in [-0.2, 0) is 38.5 Å². The number of fused-ring (bicyclic) bond motifs is 18. The maximum Gasteiger partial charge on any atom is 0.127 e. The molecular formula is C126H180O12. The van der Waals surface area contributed by atoms with Crippen molar-refractivity contribution in [3.63, 3.8) is 0 Å². The van der Waals surface area contributed by atoms with Crippen LogP contribution >= 0.6 is 0 Å². The Morgan fingerprint density at radius 3 is 0.978 bits per heavy atom. The Kier molecular flexibility index (Phi) is 21.0. The first-order valence-corrected chi connectivity index (χ1v) is 50.7. The summed E-state index contributed by atoms with van der Waals surface area (Å²) in [6, 6.07) is -3.05. The summed E-state index contributed by atoms with van der Waals surface area (Å²) in [5, 5.41) is 65.7. The van der Waals surface area contributed by atoms with E-state index in [1.807, 2.05) is 61.5 Å². The Morgan fingerprint density at radius 2 is 0.587 bits per heavy atom. The van der Waals surface area contributed by atoms with Gasteiger partial charge in [-0.1, -0.05) is 188 Å². The molecular weight excluding hydrogens is 1710 g/mol. The maximum absolute atomic E-state index is 11.0. The number of benzene rings is 6. The van der Waals surface area contributed by atoms with E-state index in [2.05, 4.69) is 20.8 Å². The van der Waals surface area contributed by atoms with Crippen LogP contribution < -0.4 is 28.4 Å². The number of rotatable bonds is 24. The molecule has 0 aromatic heterocycles. The summed E-state index contributed by atoms with van der Waals surface area (Å²) in [7, 11) is 0. The summed E-state index contributed by atoms with van der Waals surface area (Å²) >= 11 is 0. The topological polar surface area (TPSA) is 177 Å². The number of unbranched alkanes of at least 4 members (excludes halogenated alkanes) is 12. The molecule has 0 unspecified atom stereocenters. The molecule has 6 aliphatic heterocycles. The van der Waals surface area contributed by atoms with E-state index in [9.17, 15) is 38.9 Å². The van der Waals surface area contributed by atoms with Crippen molar-refractivity contribution in [3.8, 4) is 69.0 Å². The lowest BCUT2D eigenvalue weighted by atomic mass is 9.68. The molecule has 138 heavy (non-hydrogen) atoms. The number of hydrogen-bond acceptors (Lipinski definition) is 12. The van der Waals surface area contributed by atoms with Crippen molar-refractivity contribution in [1.82, 2.24) is 0 Å². The van der Waals surface area contributed by atoms with E-state index in [0.717, 1.165) is 121 Å². The Morgan fingerprint density at radius 1 is 0.290 bits per heavy atom. The van der Waals surface area contributed by atoms with Gasteiger partial charge in [0.15, 0.2) is 0 Å². The van der Waals surface area contributed by atoms with Gasteiger partial charge in [-0.2, -0.15) is 0 Å². The summed E-state index contributed by atoms with van der Waals surface area (Å²) in [5.41, 5.74) is -5.20. The molecule has 12 aliphatic rings. The summed E-state index contributed by atoms with van der Waals surface area (Å²) in [5.74, 6) is -19.5. The third kappa shape index (κ3) is 25.0. The molecule has 12 heteroatoms. The lowest BCUT2D eigenvalue weighted by Crippen LogP contribution is -2.45. The molecule has 12 nitrogen and oxygen atoms in total. The Bertz CT molecular complexity index is 7660. The van der Waals surface area contributed by atoms with Gasteiger partial charge >= 0.3 is 0 Å². The third-order valence-electron chi connectivity index (χ3n) is 28.0. The number of aromatic hydroxyl groups is 6. The van der Waals surface area contributed by atoms with Gasteiger partial charge in [-0.3, -0.25) is 0 Å². The van der Waals surface area contributed by atoms with E-state index >= 15 is 0 Å². The number of phenolic OH excluding ortho intramolecular Hbond substituents is 6. The molecule has 6 N–H and O–H groups in total. The molecule has 0 saturated carbocycles. The smallest absolute Gasteiger partial charge is 0.127 e. The van der Waals surface area contributed by atoms with E-state index in [1.54, 1.807) is 33.8 Å². The molecule has 6 aromatic rings. The van der Waals surface area contributed by atoms with Crippen LogP contribution in [0, 0.1) is 35.4 Å². The molecule has 756 valence electrons. The van der Waals surface area contributed by atoms with E-state index in [0.29, 0.717) is 96.1 Å². The van der Waals surface area contributed by atoms with Gasteiger partial charge in [0.25, 0.3) is 0 Å². The zero-order valence-electron chi connectivity index (χ0n) is 128.